The Balaban J connectivity index is 1.45. The van der Waals surface area contributed by atoms with E-state index < -0.39 is 0 Å². The van der Waals surface area contributed by atoms with Crippen LogP contribution in [0.25, 0.3) is 22.2 Å². The van der Waals surface area contributed by atoms with E-state index in [1.807, 2.05) is 46.1 Å². The lowest BCUT2D eigenvalue weighted by Crippen LogP contribution is -2.40. The average Bonchev–Trinajstić information content (AvgIpc) is 3.24. The molecule has 1 aliphatic rings. The number of ether oxygens (including phenoxy) is 1. The molecule has 0 N–H and O–H groups in total. The second-order valence-electron chi connectivity index (χ2n) is 8.05. The molecule has 0 saturated carbocycles. The van der Waals surface area contributed by atoms with E-state index in [2.05, 4.69) is 11.6 Å². The van der Waals surface area contributed by atoms with Gasteiger partial charge in [0.1, 0.15) is 23.0 Å². The molecule has 0 spiro atoms. The highest BCUT2D eigenvalue weighted by Crippen LogP contribution is 2.33. The summed E-state index contributed by atoms with van der Waals surface area (Å²) in [6.07, 6.45) is 6.81. The van der Waals surface area contributed by atoms with Crippen molar-refractivity contribution in [2.24, 2.45) is 0 Å². The van der Waals surface area contributed by atoms with E-state index in [0.717, 1.165) is 41.5 Å². The zero-order valence-electron chi connectivity index (χ0n) is 18.0. The van der Waals surface area contributed by atoms with Crippen LogP contribution in [-0.4, -0.2) is 38.7 Å². The molecule has 1 fully saturated rings. The first-order valence-electron chi connectivity index (χ1n) is 10.9. The smallest absolute Gasteiger partial charge is 0.246 e. The van der Waals surface area contributed by atoms with Gasteiger partial charge in [0.2, 0.25) is 5.91 Å². The SMILES string of the molecule is C=CC(=O)N1CCCC(n2nc(-c3ccc(Oc4cccc(F)c4)cc3)c3cnccc32)C1. The Bertz CT molecular complexity index is 1320. The molecular weight excluding hydrogens is 419 g/mol. The van der Waals surface area contributed by atoms with Crippen LogP contribution in [0.5, 0.6) is 11.5 Å². The number of carbonyl (C=O) groups excluding carboxylic acids is 1. The predicted octanol–water partition coefficient (Wildman–Crippen LogP) is 5.38. The first-order chi connectivity index (χ1) is 16.1. The summed E-state index contributed by atoms with van der Waals surface area (Å²) in [5, 5.41) is 5.90. The molecule has 1 saturated heterocycles. The van der Waals surface area contributed by atoms with Crippen LogP contribution in [0, 0.1) is 5.82 Å². The van der Waals surface area contributed by atoms with Gasteiger partial charge in [-0.05, 0) is 61.4 Å². The molecule has 2 aromatic carbocycles. The third-order valence-corrected chi connectivity index (χ3v) is 5.90. The molecule has 6 nitrogen and oxygen atoms in total. The van der Waals surface area contributed by atoms with Crippen molar-refractivity contribution in [3.8, 4) is 22.8 Å². The van der Waals surface area contributed by atoms with Crippen molar-refractivity contribution < 1.29 is 13.9 Å². The Labute approximate surface area is 190 Å². The summed E-state index contributed by atoms with van der Waals surface area (Å²) in [5.74, 6) is 0.659. The highest BCUT2D eigenvalue weighted by Gasteiger charge is 2.26. The largest absolute Gasteiger partial charge is 0.457 e. The molecule has 7 heteroatoms. The van der Waals surface area contributed by atoms with E-state index in [0.29, 0.717) is 18.0 Å². The summed E-state index contributed by atoms with van der Waals surface area (Å²) in [7, 11) is 0. The number of nitrogens with zero attached hydrogens (tertiary/aromatic N) is 4. The number of piperidine rings is 1. The Morgan fingerprint density at radius 3 is 2.79 bits per heavy atom. The summed E-state index contributed by atoms with van der Waals surface area (Å²) in [6.45, 7) is 4.95. The van der Waals surface area contributed by atoms with Crippen LogP contribution in [0.4, 0.5) is 4.39 Å². The number of hydrogen-bond donors (Lipinski definition) is 0. The normalized spacial score (nSPS) is 16.0. The number of pyridine rings is 1. The molecule has 2 aromatic heterocycles. The maximum atomic E-state index is 13.4. The van der Waals surface area contributed by atoms with Crippen molar-refractivity contribution >= 4 is 16.8 Å². The van der Waals surface area contributed by atoms with Crippen LogP contribution < -0.4 is 4.74 Å². The molecule has 4 aromatic rings. The maximum absolute atomic E-state index is 13.4. The molecule has 1 amide bonds. The number of halogens is 1. The van der Waals surface area contributed by atoms with Gasteiger partial charge in [-0.25, -0.2) is 4.39 Å². The third kappa shape index (κ3) is 4.22. The van der Waals surface area contributed by atoms with Crippen molar-refractivity contribution in [1.82, 2.24) is 19.7 Å². The van der Waals surface area contributed by atoms with Crippen molar-refractivity contribution in [2.75, 3.05) is 13.1 Å². The van der Waals surface area contributed by atoms with Gasteiger partial charge in [0.05, 0.1) is 11.6 Å². The summed E-state index contributed by atoms with van der Waals surface area (Å²) >= 11 is 0. The second-order valence-corrected chi connectivity index (χ2v) is 8.05. The van der Waals surface area contributed by atoms with Gasteiger partial charge >= 0.3 is 0 Å². The minimum atomic E-state index is -0.343. The quantitative estimate of drug-likeness (QED) is 0.390. The number of aromatic nitrogens is 3. The van der Waals surface area contributed by atoms with Crippen LogP contribution >= 0.6 is 0 Å². The van der Waals surface area contributed by atoms with Gasteiger partial charge in [-0.2, -0.15) is 5.10 Å². The van der Waals surface area contributed by atoms with Gasteiger partial charge in [0.25, 0.3) is 0 Å². The Hall–Kier alpha value is -4.00. The van der Waals surface area contributed by atoms with Gasteiger partial charge in [-0.1, -0.05) is 12.6 Å². The standard InChI is InChI=1S/C26H23FN4O2/c1-2-25(32)30-14-4-6-20(17-30)31-24-12-13-28-16-23(24)26(29-31)18-8-10-21(11-9-18)33-22-7-3-5-19(27)15-22/h2-3,5,7-13,15-16,20H,1,4,6,14,17H2. The predicted molar refractivity (Wildman–Crippen MR) is 124 cm³/mol. The molecule has 1 aliphatic heterocycles. The van der Waals surface area contributed by atoms with E-state index >= 15 is 0 Å². The van der Waals surface area contributed by atoms with Crippen LogP contribution in [-0.2, 0) is 4.79 Å². The molecule has 1 unspecified atom stereocenters. The molecule has 33 heavy (non-hydrogen) atoms. The van der Waals surface area contributed by atoms with E-state index in [1.165, 1.54) is 18.2 Å². The van der Waals surface area contributed by atoms with E-state index in [4.69, 9.17) is 9.84 Å². The van der Waals surface area contributed by atoms with E-state index in [9.17, 15) is 9.18 Å². The number of rotatable bonds is 5. The lowest BCUT2D eigenvalue weighted by atomic mass is 10.1. The van der Waals surface area contributed by atoms with Crippen LogP contribution in [0.15, 0.2) is 79.6 Å². The minimum Gasteiger partial charge on any atom is -0.457 e. The Morgan fingerprint density at radius 1 is 1.15 bits per heavy atom. The summed E-state index contributed by atoms with van der Waals surface area (Å²) in [6, 6.07) is 15.6. The number of carbonyl (C=O) groups is 1. The number of likely N-dealkylation sites (tertiary alicyclic amines) is 1. The van der Waals surface area contributed by atoms with E-state index in [1.54, 1.807) is 18.3 Å². The summed E-state index contributed by atoms with van der Waals surface area (Å²) in [4.78, 5) is 18.3. The molecule has 5 rings (SSSR count). The van der Waals surface area contributed by atoms with Gasteiger partial charge < -0.3 is 9.64 Å². The molecule has 3 heterocycles. The molecule has 0 radical (unpaired) electrons. The summed E-state index contributed by atoms with van der Waals surface area (Å²) < 4.78 is 21.2. The monoisotopic (exact) mass is 442 g/mol. The number of benzene rings is 2. The highest BCUT2D eigenvalue weighted by molar-refractivity contribution is 5.93. The van der Waals surface area contributed by atoms with Crippen molar-refractivity contribution in [3.63, 3.8) is 0 Å². The average molecular weight is 442 g/mol. The molecule has 166 valence electrons. The van der Waals surface area contributed by atoms with Gasteiger partial charge in [0, 0.05) is 42.5 Å². The lowest BCUT2D eigenvalue weighted by molar-refractivity contribution is -0.127. The van der Waals surface area contributed by atoms with Crippen LogP contribution in [0.3, 0.4) is 0 Å². The topological polar surface area (TPSA) is 60.2 Å². The van der Waals surface area contributed by atoms with E-state index in [-0.39, 0.29) is 17.8 Å². The summed E-state index contributed by atoms with van der Waals surface area (Å²) in [5.41, 5.74) is 2.73. The molecular formula is C26H23FN4O2. The zero-order chi connectivity index (χ0) is 22.8. The fourth-order valence-corrected chi connectivity index (χ4v) is 4.31. The van der Waals surface area contributed by atoms with Gasteiger partial charge in [0.15, 0.2) is 0 Å². The fourth-order valence-electron chi connectivity index (χ4n) is 4.31. The molecule has 1 atom stereocenters. The molecule has 0 aliphatic carbocycles. The lowest BCUT2D eigenvalue weighted by Gasteiger charge is -2.32. The van der Waals surface area contributed by atoms with Gasteiger partial charge in [-0.15, -0.1) is 0 Å². The first-order valence-corrected chi connectivity index (χ1v) is 10.9. The Morgan fingerprint density at radius 2 is 2.00 bits per heavy atom. The molecule has 0 bridgehead atoms. The van der Waals surface area contributed by atoms with Crippen molar-refractivity contribution in [2.45, 2.75) is 18.9 Å². The Kier molecular flexibility index (Phi) is 5.60. The third-order valence-electron chi connectivity index (χ3n) is 5.90. The fraction of sp³-hybridized carbons (Fsp3) is 0.192. The highest BCUT2D eigenvalue weighted by atomic mass is 19.1. The number of fused-ring (bicyclic) bond motifs is 1. The second kappa shape index (κ2) is 8.86. The van der Waals surface area contributed by atoms with Crippen LogP contribution in [0.1, 0.15) is 18.9 Å². The number of hydrogen-bond acceptors (Lipinski definition) is 4. The maximum Gasteiger partial charge on any atom is 0.246 e. The first kappa shape index (κ1) is 20.9. The zero-order valence-corrected chi connectivity index (χ0v) is 18.0. The van der Waals surface area contributed by atoms with Crippen molar-refractivity contribution in [3.05, 3.63) is 85.5 Å². The van der Waals surface area contributed by atoms with Crippen molar-refractivity contribution in [1.29, 1.82) is 0 Å². The van der Waals surface area contributed by atoms with Crippen LogP contribution in [0.2, 0.25) is 0 Å². The van der Waals surface area contributed by atoms with Gasteiger partial charge in [-0.3, -0.25) is 14.5 Å². The number of amides is 1. The minimum absolute atomic E-state index is 0.0491.